The molecule has 0 bridgehead atoms. The topological polar surface area (TPSA) is 34.0 Å². The molecule has 0 fully saturated rings. The maximum atomic E-state index is 4.60. The molecule has 6 rings (SSSR count). The maximum Gasteiger partial charge on any atom is 0.113 e. The molecule has 4 heteroatoms. The van der Waals surface area contributed by atoms with Crippen molar-refractivity contribution in [1.29, 1.82) is 0 Å². The fraction of sp³-hybridized carbons (Fsp3) is 0. The van der Waals surface area contributed by atoms with Crippen molar-refractivity contribution in [2.45, 2.75) is 0 Å². The highest BCUT2D eigenvalue weighted by molar-refractivity contribution is 5.79. The van der Waals surface area contributed by atoms with Crippen LogP contribution < -0.4 is 4.90 Å². The molecule has 0 unspecified atom stereocenters. The van der Waals surface area contributed by atoms with Crippen molar-refractivity contribution >= 4 is 28.1 Å². The molecule has 0 aliphatic heterocycles. The van der Waals surface area contributed by atoms with Crippen molar-refractivity contribution in [3.05, 3.63) is 133 Å². The molecule has 0 spiro atoms. The lowest BCUT2D eigenvalue weighted by Gasteiger charge is -2.25. The van der Waals surface area contributed by atoms with E-state index >= 15 is 0 Å². The van der Waals surface area contributed by atoms with Crippen molar-refractivity contribution < 1.29 is 0 Å². The zero-order chi connectivity index (χ0) is 22.7. The SMILES string of the molecule is c1ccc(-c2ccc(N(c3ccccc3)c3ccc(-n4nc5ccccc5n4)cc3)cc2)cc1. The molecule has 34 heavy (non-hydrogen) atoms. The predicted molar refractivity (Wildman–Crippen MR) is 139 cm³/mol. The van der Waals surface area contributed by atoms with Gasteiger partial charge in [0.1, 0.15) is 11.0 Å². The Balaban J connectivity index is 1.37. The summed E-state index contributed by atoms with van der Waals surface area (Å²) in [7, 11) is 0. The molecule has 4 nitrogen and oxygen atoms in total. The van der Waals surface area contributed by atoms with Crippen LogP contribution >= 0.6 is 0 Å². The van der Waals surface area contributed by atoms with E-state index in [0.29, 0.717) is 0 Å². The van der Waals surface area contributed by atoms with Crippen molar-refractivity contribution in [1.82, 2.24) is 15.0 Å². The van der Waals surface area contributed by atoms with Crippen LogP contribution in [0.25, 0.3) is 27.8 Å². The molecule has 6 aromatic rings. The Morgan fingerprint density at radius 2 is 0.853 bits per heavy atom. The molecule has 162 valence electrons. The first-order valence-electron chi connectivity index (χ1n) is 11.3. The van der Waals surface area contributed by atoms with Gasteiger partial charge in [-0.05, 0) is 71.8 Å². The normalized spacial score (nSPS) is 10.9. The van der Waals surface area contributed by atoms with E-state index in [4.69, 9.17) is 0 Å². The summed E-state index contributed by atoms with van der Waals surface area (Å²) in [5.41, 5.74) is 8.37. The van der Waals surface area contributed by atoms with Crippen molar-refractivity contribution in [3.8, 4) is 16.8 Å². The van der Waals surface area contributed by atoms with Crippen LogP contribution in [0.3, 0.4) is 0 Å². The van der Waals surface area contributed by atoms with E-state index in [9.17, 15) is 0 Å². The first-order valence-corrected chi connectivity index (χ1v) is 11.3. The third-order valence-corrected chi connectivity index (χ3v) is 5.87. The van der Waals surface area contributed by atoms with Gasteiger partial charge in [-0.15, -0.1) is 10.2 Å². The Morgan fingerprint density at radius 1 is 0.412 bits per heavy atom. The lowest BCUT2D eigenvalue weighted by Crippen LogP contribution is -2.10. The number of aromatic nitrogens is 3. The van der Waals surface area contributed by atoms with Crippen LogP contribution in [0.2, 0.25) is 0 Å². The minimum Gasteiger partial charge on any atom is -0.311 e. The summed E-state index contributed by atoms with van der Waals surface area (Å²) in [5.74, 6) is 0. The minimum absolute atomic E-state index is 0.885. The lowest BCUT2D eigenvalue weighted by molar-refractivity contribution is 0.766. The molecule has 1 heterocycles. The van der Waals surface area contributed by atoms with Crippen molar-refractivity contribution in [3.63, 3.8) is 0 Å². The largest absolute Gasteiger partial charge is 0.311 e. The van der Waals surface area contributed by atoms with E-state index in [0.717, 1.165) is 33.8 Å². The Morgan fingerprint density at radius 3 is 1.44 bits per heavy atom. The smallest absolute Gasteiger partial charge is 0.113 e. The summed E-state index contributed by atoms with van der Waals surface area (Å²) in [6.07, 6.45) is 0. The first kappa shape index (κ1) is 19.9. The van der Waals surface area contributed by atoms with Crippen LogP contribution in [0.1, 0.15) is 0 Å². The van der Waals surface area contributed by atoms with Gasteiger partial charge in [0.15, 0.2) is 0 Å². The van der Waals surface area contributed by atoms with Gasteiger partial charge < -0.3 is 4.90 Å². The van der Waals surface area contributed by atoms with E-state index in [2.05, 4.69) is 112 Å². The van der Waals surface area contributed by atoms with Gasteiger partial charge in [0.05, 0.1) is 5.69 Å². The number of nitrogens with zero attached hydrogens (tertiary/aromatic N) is 4. The number of fused-ring (bicyclic) bond motifs is 1. The highest BCUT2D eigenvalue weighted by Gasteiger charge is 2.13. The molecule has 0 atom stereocenters. The molecule has 5 aromatic carbocycles. The Kier molecular flexibility index (Phi) is 5.09. The average Bonchev–Trinajstić information content (AvgIpc) is 3.35. The summed E-state index contributed by atoms with van der Waals surface area (Å²) >= 11 is 0. The summed E-state index contributed by atoms with van der Waals surface area (Å²) in [6.45, 7) is 0. The molecule has 0 N–H and O–H groups in total. The second-order valence-corrected chi connectivity index (χ2v) is 8.08. The average molecular weight is 439 g/mol. The van der Waals surface area contributed by atoms with Gasteiger partial charge in [0, 0.05) is 17.1 Å². The predicted octanol–water partition coefficient (Wildman–Crippen LogP) is 7.56. The van der Waals surface area contributed by atoms with Gasteiger partial charge in [0.2, 0.25) is 0 Å². The Bertz CT molecular complexity index is 1490. The quantitative estimate of drug-likeness (QED) is 0.278. The summed E-state index contributed by atoms with van der Waals surface area (Å²) < 4.78 is 0. The highest BCUT2D eigenvalue weighted by atomic mass is 15.5. The molecule has 0 aliphatic carbocycles. The second kappa shape index (κ2) is 8.68. The van der Waals surface area contributed by atoms with E-state index < -0.39 is 0 Å². The molecule has 0 aliphatic rings. The zero-order valence-electron chi connectivity index (χ0n) is 18.5. The van der Waals surface area contributed by atoms with Crippen LogP contribution in [0.15, 0.2) is 133 Å². The van der Waals surface area contributed by atoms with Gasteiger partial charge in [0.25, 0.3) is 0 Å². The number of hydrogen-bond acceptors (Lipinski definition) is 3. The van der Waals surface area contributed by atoms with E-state index in [1.54, 1.807) is 4.80 Å². The second-order valence-electron chi connectivity index (χ2n) is 8.08. The fourth-order valence-electron chi connectivity index (χ4n) is 4.17. The van der Waals surface area contributed by atoms with Gasteiger partial charge in [-0.2, -0.15) is 4.80 Å². The van der Waals surface area contributed by atoms with Crippen molar-refractivity contribution in [2.75, 3.05) is 4.90 Å². The summed E-state index contributed by atoms with van der Waals surface area (Å²) in [5, 5.41) is 9.21. The third kappa shape index (κ3) is 3.82. The minimum atomic E-state index is 0.885. The van der Waals surface area contributed by atoms with E-state index in [1.807, 2.05) is 36.4 Å². The van der Waals surface area contributed by atoms with Gasteiger partial charge >= 0.3 is 0 Å². The van der Waals surface area contributed by atoms with Crippen LogP contribution in [-0.4, -0.2) is 15.0 Å². The zero-order valence-corrected chi connectivity index (χ0v) is 18.5. The summed E-state index contributed by atoms with van der Waals surface area (Å²) in [6, 6.07) is 45.8. The standard InChI is InChI=1S/C30H22N4/c1-3-9-23(10-4-1)24-15-17-26(18-16-24)33(25-11-5-2-6-12-25)27-19-21-28(22-20-27)34-31-29-13-7-8-14-30(29)32-34/h1-22H. The van der Waals surface area contributed by atoms with Crippen LogP contribution in [0.4, 0.5) is 17.1 Å². The highest BCUT2D eigenvalue weighted by Crippen LogP contribution is 2.35. The monoisotopic (exact) mass is 438 g/mol. The lowest BCUT2D eigenvalue weighted by atomic mass is 10.0. The van der Waals surface area contributed by atoms with Crippen LogP contribution in [-0.2, 0) is 0 Å². The third-order valence-electron chi connectivity index (χ3n) is 5.87. The number of para-hydroxylation sites is 1. The molecular weight excluding hydrogens is 416 g/mol. The summed E-state index contributed by atoms with van der Waals surface area (Å²) in [4.78, 5) is 3.95. The van der Waals surface area contributed by atoms with Crippen molar-refractivity contribution in [2.24, 2.45) is 0 Å². The Labute approximate surface area is 198 Å². The molecule has 0 saturated heterocycles. The molecule has 0 saturated carbocycles. The van der Waals surface area contributed by atoms with Gasteiger partial charge in [-0.1, -0.05) is 72.8 Å². The van der Waals surface area contributed by atoms with Crippen LogP contribution in [0, 0.1) is 0 Å². The Hall–Kier alpha value is -4.70. The maximum absolute atomic E-state index is 4.60. The number of anilines is 3. The molecule has 0 radical (unpaired) electrons. The number of rotatable bonds is 5. The van der Waals surface area contributed by atoms with Crippen LogP contribution in [0.5, 0.6) is 0 Å². The van der Waals surface area contributed by atoms with E-state index in [1.165, 1.54) is 11.1 Å². The fourth-order valence-corrected chi connectivity index (χ4v) is 4.17. The molecule has 0 amide bonds. The number of hydrogen-bond donors (Lipinski definition) is 0. The first-order chi connectivity index (χ1) is 16.8. The van der Waals surface area contributed by atoms with Gasteiger partial charge in [-0.25, -0.2) is 0 Å². The molecule has 1 aromatic heterocycles. The van der Waals surface area contributed by atoms with E-state index in [-0.39, 0.29) is 0 Å². The molecular formula is C30H22N4. The van der Waals surface area contributed by atoms with Gasteiger partial charge in [-0.3, -0.25) is 0 Å². The number of benzene rings is 5.